The number of hydrogen-bond donors (Lipinski definition) is 0. The zero-order chi connectivity index (χ0) is 24.5. The van der Waals surface area contributed by atoms with Gasteiger partial charge in [0.1, 0.15) is 5.69 Å². The molecule has 2 rings (SSSR count). The number of carbonyl (C=O) groups is 4. The van der Waals surface area contributed by atoms with Crippen molar-refractivity contribution in [3.63, 3.8) is 0 Å². The van der Waals surface area contributed by atoms with Crippen LogP contribution in [0.3, 0.4) is 0 Å². The van der Waals surface area contributed by atoms with E-state index in [-0.39, 0.29) is 46.9 Å². The van der Waals surface area contributed by atoms with Gasteiger partial charge in [-0.25, -0.2) is 9.69 Å². The summed E-state index contributed by atoms with van der Waals surface area (Å²) in [6.07, 6.45) is 4.19. The smallest absolute Gasteiger partial charge is 0.334 e. The molecule has 1 aliphatic carbocycles. The van der Waals surface area contributed by atoms with Crippen LogP contribution < -0.4 is 4.90 Å². The maximum absolute atomic E-state index is 14.9. The predicted molar refractivity (Wildman–Crippen MR) is 124 cm³/mol. The van der Waals surface area contributed by atoms with Gasteiger partial charge in [0.05, 0.1) is 25.2 Å². The molecule has 1 aromatic heterocycles. The van der Waals surface area contributed by atoms with Crippen molar-refractivity contribution >= 4 is 52.4 Å². The van der Waals surface area contributed by atoms with Crippen LogP contribution in [0.15, 0.2) is 11.1 Å². The molecule has 1 aliphatic rings. The highest BCUT2D eigenvalue weighted by Crippen LogP contribution is 2.41. The largest absolute Gasteiger partial charge is 0.469 e. The van der Waals surface area contributed by atoms with Crippen molar-refractivity contribution in [2.24, 2.45) is 0 Å². The molecular weight excluding hydrogens is 473 g/mol. The number of hydrogen-bond acceptors (Lipinski definition) is 7. The van der Waals surface area contributed by atoms with E-state index in [9.17, 15) is 23.6 Å². The minimum atomic E-state index is -0.867. The number of imide groups is 1. The van der Waals surface area contributed by atoms with E-state index in [1.807, 2.05) is 6.92 Å². The highest BCUT2D eigenvalue weighted by atomic mass is 35.5. The first kappa shape index (κ1) is 27.0. The molecule has 1 aromatic rings. The van der Waals surface area contributed by atoms with Crippen molar-refractivity contribution in [3.05, 3.63) is 26.2 Å². The van der Waals surface area contributed by atoms with Gasteiger partial charge in [-0.3, -0.25) is 14.4 Å². The van der Waals surface area contributed by atoms with E-state index in [1.54, 1.807) is 0 Å². The van der Waals surface area contributed by atoms with E-state index >= 15 is 0 Å². The van der Waals surface area contributed by atoms with Gasteiger partial charge in [0.15, 0.2) is 0 Å². The van der Waals surface area contributed by atoms with E-state index in [0.717, 1.165) is 19.3 Å². The molecule has 1 heterocycles. The lowest BCUT2D eigenvalue weighted by molar-refractivity contribution is -0.140. The second-order valence-electron chi connectivity index (χ2n) is 7.61. The number of rotatable bonds is 10. The molecule has 0 aromatic carbocycles. The van der Waals surface area contributed by atoms with Gasteiger partial charge in [0.25, 0.3) is 5.91 Å². The molecule has 0 aliphatic heterocycles. The first-order valence-electron chi connectivity index (χ1n) is 11.1. The lowest BCUT2D eigenvalue weighted by Crippen LogP contribution is -2.39. The third kappa shape index (κ3) is 6.63. The molecule has 0 N–H and O–H groups in total. The molecule has 0 atom stereocenters. The van der Waals surface area contributed by atoms with E-state index in [4.69, 9.17) is 16.3 Å². The fourth-order valence-electron chi connectivity index (χ4n) is 3.53. The lowest BCUT2D eigenvalue weighted by atomic mass is 9.90. The third-order valence-electron chi connectivity index (χ3n) is 5.32. The average molecular weight is 502 g/mol. The van der Waals surface area contributed by atoms with Gasteiger partial charge in [-0.1, -0.05) is 38.3 Å². The van der Waals surface area contributed by atoms with Gasteiger partial charge in [0.2, 0.25) is 11.0 Å². The molecular formula is C23H29ClFNO6S. The number of ether oxygens (including phenoxy) is 2. The summed E-state index contributed by atoms with van der Waals surface area (Å²) in [4.78, 5) is 51.4. The second-order valence-corrected chi connectivity index (χ2v) is 9.04. The monoisotopic (exact) mass is 501 g/mol. The Labute approximate surface area is 201 Å². The van der Waals surface area contributed by atoms with Gasteiger partial charge in [0, 0.05) is 22.4 Å². The Morgan fingerprint density at radius 2 is 1.76 bits per heavy atom. The summed E-state index contributed by atoms with van der Waals surface area (Å²) in [6.45, 7) is 3.82. The van der Waals surface area contributed by atoms with E-state index < -0.39 is 34.6 Å². The lowest BCUT2D eigenvalue weighted by Gasteiger charge is -2.25. The quantitative estimate of drug-likeness (QED) is 0.326. The number of carbonyl (C=O) groups excluding carboxylic acids is 4. The number of thiophene rings is 1. The van der Waals surface area contributed by atoms with Gasteiger partial charge in [-0.15, -0.1) is 11.3 Å². The Kier molecular flexibility index (Phi) is 10.5. The summed E-state index contributed by atoms with van der Waals surface area (Å²) in [5.74, 6) is -2.67. The molecule has 0 radical (unpaired) electrons. The first-order chi connectivity index (χ1) is 15.8. The Morgan fingerprint density at radius 3 is 2.36 bits per heavy atom. The van der Waals surface area contributed by atoms with Crippen LogP contribution in [0.1, 0.15) is 70.1 Å². The maximum atomic E-state index is 14.9. The second kappa shape index (κ2) is 12.8. The zero-order valence-corrected chi connectivity index (χ0v) is 20.7. The topological polar surface area (TPSA) is 90.0 Å². The maximum Gasteiger partial charge on any atom is 0.334 e. The highest BCUT2D eigenvalue weighted by molar-refractivity contribution is 7.11. The normalized spacial score (nSPS) is 13.6. The number of unbranched alkanes of at least 4 members (excludes halogenated alkanes) is 2. The van der Waals surface area contributed by atoms with Crippen molar-refractivity contribution in [1.29, 1.82) is 0 Å². The van der Waals surface area contributed by atoms with Gasteiger partial charge in [-0.2, -0.15) is 4.39 Å². The average Bonchev–Trinajstić information content (AvgIpc) is 3.09. The van der Waals surface area contributed by atoms with Crippen molar-refractivity contribution in [1.82, 2.24) is 0 Å². The number of methoxy groups -OCH3 is 1. The summed E-state index contributed by atoms with van der Waals surface area (Å²) in [5.41, 5.74) is -0.0379. The minimum Gasteiger partial charge on any atom is -0.469 e. The van der Waals surface area contributed by atoms with Crippen molar-refractivity contribution in [2.75, 3.05) is 18.6 Å². The summed E-state index contributed by atoms with van der Waals surface area (Å²) in [7, 11) is 1.19. The van der Waals surface area contributed by atoms with Crippen LogP contribution in [-0.4, -0.2) is 37.5 Å². The molecule has 10 heteroatoms. The minimum absolute atomic E-state index is 0.0895. The van der Waals surface area contributed by atoms with E-state index in [2.05, 4.69) is 4.74 Å². The molecule has 2 amide bonds. The number of nitrogens with zero attached hydrogens (tertiary/aromatic N) is 1. The molecule has 182 valence electrons. The van der Waals surface area contributed by atoms with Crippen LogP contribution in [0.25, 0.3) is 0 Å². The summed E-state index contributed by atoms with van der Waals surface area (Å²) in [6, 6.07) is 0. The zero-order valence-electron chi connectivity index (χ0n) is 19.1. The fourth-order valence-corrected chi connectivity index (χ4v) is 4.81. The Morgan fingerprint density at radius 1 is 1.09 bits per heavy atom. The van der Waals surface area contributed by atoms with Crippen LogP contribution in [0.2, 0.25) is 5.02 Å². The van der Waals surface area contributed by atoms with Crippen molar-refractivity contribution < 1.29 is 33.0 Å². The van der Waals surface area contributed by atoms with Gasteiger partial charge < -0.3 is 9.47 Å². The molecule has 0 bridgehead atoms. The Hall–Kier alpha value is -2.26. The molecule has 33 heavy (non-hydrogen) atoms. The van der Waals surface area contributed by atoms with E-state index in [0.29, 0.717) is 35.5 Å². The Bertz CT molecular complexity index is 942. The van der Waals surface area contributed by atoms with Crippen molar-refractivity contribution in [3.8, 4) is 0 Å². The standard InChI is InChI=1S/C23H29ClFNO6S/c1-4-6-9-12-32-23(30)15-11-8-7-10-14(15)22(29)26(17(27)5-2)20-19(24)16(33-21(20)25)13-18(28)31-3/h4-13H2,1-3H3. The SMILES string of the molecule is CCCCCOC(=O)C1=C(C(=O)N(C(=O)CC)c2c(F)sc(CC(=O)OC)c2Cl)CCCC1. The van der Waals surface area contributed by atoms with Crippen molar-refractivity contribution in [2.45, 2.75) is 71.6 Å². The molecule has 0 fully saturated rings. The van der Waals surface area contributed by atoms with Crippen LogP contribution in [0.4, 0.5) is 10.1 Å². The van der Waals surface area contributed by atoms with E-state index in [1.165, 1.54) is 14.0 Å². The number of halogens is 2. The predicted octanol–water partition coefficient (Wildman–Crippen LogP) is 5.13. The first-order valence-corrected chi connectivity index (χ1v) is 12.3. The van der Waals surface area contributed by atoms with Crippen LogP contribution in [0.5, 0.6) is 0 Å². The summed E-state index contributed by atoms with van der Waals surface area (Å²) < 4.78 is 24.9. The molecule has 0 spiro atoms. The van der Waals surface area contributed by atoms with Gasteiger partial charge in [-0.05, 0) is 32.1 Å². The molecule has 0 unspecified atom stereocenters. The van der Waals surface area contributed by atoms with Crippen LogP contribution in [0, 0.1) is 5.13 Å². The summed E-state index contributed by atoms with van der Waals surface area (Å²) in [5, 5.41) is -1.06. The van der Waals surface area contributed by atoms with Crippen LogP contribution >= 0.6 is 22.9 Å². The molecule has 0 saturated heterocycles. The number of amides is 2. The molecule has 0 saturated carbocycles. The number of anilines is 1. The summed E-state index contributed by atoms with van der Waals surface area (Å²) >= 11 is 6.89. The molecule has 7 nitrogen and oxygen atoms in total. The highest BCUT2D eigenvalue weighted by Gasteiger charge is 2.35. The van der Waals surface area contributed by atoms with Crippen LogP contribution in [-0.2, 0) is 35.1 Å². The third-order valence-corrected chi connectivity index (χ3v) is 6.80. The Balaban J connectivity index is 2.44. The number of esters is 2. The fraction of sp³-hybridized carbons (Fsp3) is 0.565. The van der Waals surface area contributed by atoms with Gasteiger partial charge >= 0.3 is 11.9 Å².